The van der Waals surface area contributed by atoms with Gasteiger partial charge in [-0.1, -0.05) is 35.9 Å². The van der Waals surface area contributed by atoms with Gasteiger partial charge < -0.3 is 24.2 Å². The number of ether oxygens (including phenoxy) is 3. The molecule has 2 saturated heterocycles. The minimum atomic E-state index is -0.736. The van der Waals surface area contributed by atoms with Crippen LogP contribution in [0.15, 0.2) is 48.0 Å². The van der Waals surface area contributed by atoms with Gasteiger partial charge >= 0.3 is 0 Å². The summed E-state index contributed by atoms with van der Waals surface area (Å²) in [7, 11) is 0. The number of fused-ring (bicyclic) bond motifs is 1. The zero-order chi connectivity index (χ0) is 21.5. The summed E-state index contributed by atoms with van der Waals surface area (Å²) in [4.78, 5) is 27.6. The van der Waals surface area contributed by atoms with E-state index >= 15 is 0 Å². The predicted octanol–water partition coefficient (Wildman–Crippen LogP) is 3.32. The summed E-state index contributed by atoms with van der Waals surface area (Å²) in [6, 6.07) is 11.8. The minimum Gasteiger partial charge on any atom is -0.507 e. The molecule has 0 aliphatic carbocycles. The molecule has 7 nitrogen and oxygen atoms in total. The second kappa shape index (κ2) is 7.74. The first-order valence-corrected chi connectivity index (χ1v) is 10.4. The maximum absolute atomic E-state index is 13.1. The zero-order valence-corrected chi connectivity index (χ0v) is 17.2. The molecular weight excluding hydrogens is 398 g/mol. The molecule has 0 spiro atoms. The van der Waals surface area contributed by atoms with Gasteiger partial charge in [0, 0.05) is 18.7 Å². The van der Waals surface area contributed by atoms with Crippen molar-refractivity contribution in [3.05, 3.63) is 64.7 Å². The van der Waals surface area contributed by atoms with Crippen molar-refractivity contribution in [2.24, 2.45) is 0 Å². The molecule has 3 aliphatic rings. The van der Waals surface area contributed by atoms with E-state index in [0.29, 0.717) is 29.2 Å². The molecule has 2 fully saturated rings. The Bertz CT molecular complexity index is 1070. The first-order valence-electron chi connectivity index (χ1n) is 10.4. The number of Topliss-reactive ketones (excluding diaryl/α,β-unsaturated/α-hetero) is 1. The van der Waals surface area contributed by atoms with E-state index in [1.807, 2.05) is 19.1 Å². The van der Waals surface area contributed by atoms with Crippen LogP contribution in [0, 0.1) is 6.92 Å². The normalized spacial score (nSPS) is 24.2. The largest absolute Gasteiger partial charge is 0.507 e. The number of nitrogens with zero attached hydrogens (tertiary/aromatic N) is 1. The Labute approximate surface area is 179 Å². The SMILES string of the molecule is Cc1ccc(/C(O)=C2/C(=O)C(=O)N(CC3CCCO3)C2c2ccc3c(c2)OCO3)cc1. The van der Waals surface area contributed by atoms with Crippen LogP contribution in [0.5, 0.6) is 11.5 Å². The second-order valence-corrected chi connectivity index (χ2v) is 8.07. The van der Waals surface area contributed by atoms with Crippen molar-refractivity contribution in [3.8, 4) is 11.5 Å². The predicted molar refractivity (Wildman–Crippen MR) is 112 cm³/mol. The van der Waals surface area contributed by atoms with E-state index < -0.39 is 17.7 Å². The number of hydrogen-bond acceptors (Lipinski definition) is 6. The van der Waals surface area contributed by atoms with Crippen LogP contribution in [-0.4, -0.2) is 47.7 Å². The van der Waals surface area contributed by atoms with Crippen molar-refractivity contribution in [2.45, 2.75) is 31.9 Å². The van der Waals surface area contributed by atoms with Crippen LogP contribution in [0.25, 0.3) is 5.76 Å². The summed E-state index contributed by atoms with van der Waals surface area (Å²) < 4.78 is 16.6. The molecule has 160 valence electrons. The molecule has 2 unspecified atom stereocenters. The smallest absolute Gasteiger partial charge is 0.295 e. The van der Waals surface area contributed by atoms with E-state index in [9.17, 15) is 14.7 Å². The Morgan fingerprint density at radius 1 is 1.10 bits per heavy atom. The fourth-order valence-electron chi connectivity index (χ4n) is 4.37. The van der Waals surface area contributed by atoms with Crippen LogP contribution in [0.2, 0.25) is 0 Å². The van der Waals surface area contributed by atoms with Gasteiger partial charge in [-0.15, -0.1) is 0 Å². The maximum atomic E-state index is 13.1. The number of rotatable bonds is 4. The number of hydrogen-bond donors (Lipinski definition) is 1. The lowest BCUT2D eigenvalue weighted by Crippen LogP contribution is -2.36. The summed E-state index contributed by atoms with van der Waals surface area (Å²) in [5, 5.41) is 11.1. The number of amides is 1. The zero-order valence-electron chi connectivity index (χ0n) is 17.2. The molecule has 2 aromatic carbocycles. The van der Waals surface area contributed by atoms with Crippen molar-refractivity contribution in [1.82, 2.24) is 4.90 Å². The lowest BCUT2D eigenvalue weighted by atomic mass is 9.94. The summed E-state index contributed by atoms with van der Waals surface area (Å²) in [5.41, 5.74) is 2.27. The monoisotopic (exact) mass is 421 g/mol. The van der Waals surface area contributed by atoms with E-state index in [1.165, 1.54) is 4.90 Å². The van der Waals surface area contributed by atoms with Crippen LogP contribution in [0.3, 0.4) is 0 Å². The number of carbonyl (C=O) groups excluding carboxylic acids is 2. The Morgan fingerprint density at radius 3 is 2.61 bits per heavy atom. The van der Waals surface area contributed by atoms with Crippen LogP contribution in [0.1, 0.15) is 35.6 Å². The van der Waals surface area contributed by atoms with E-state index in [1.54, 1.807) is 30.3 Å². The van der Waals surface area contributed by atoms with Gasteiger partial charge in [-0.25, -0.2) is 0 Å². The Morgan fingerprint density at radius 2 is 1.87 bits per heavy atom. The van der Waals surface area contributed by atoms with E-state index in [-0.39, 0.29) is 30.8 Å². The molecule has 2 aromatic rings. The van der Waals surface area contributed by atoms with Crippen molar-refractivity contribution in [1.29, 1.82) is 0 Å². The number of benzene rings is 2. The lowest BCUT2D eigenvalue weighted by molar-refractivity contribution is -0.140. The number of likely N-dealkylation sites (tertiary alicyclic amines) is 1. The lowest BCUT2D eigenvalue weighted by Gasteiger charge is -2.27. The van der Waals surface area contributed by atoms with E-state index in [0.717, 1.165) is 18.4 Å². The average Bonchev–Trinajstić information content (AvgIpc) is 3.50. The maximum Gasteiger partial charge on any atom is 0.295 e. The third-order valence-electron chi connectivity index (χ3n) is 6.00. The molecule has 0 saturated carbocycles. The highest BCUT2D eigenvalue weighted by Crippen LogP contribution is 2.43. The standard InChI is InChI=1S/C24H23NO6/c1-14-4-6-15(7-5-14)22(26)20-21(16-8-9-18-19(11-16)31-13-30-18)25(24(28)23(20)27)12-17-3-2-10-29-17/h4-9,11,17,21,26H,2-3,10,12-13H2,1H3/b22-20-. The quantitative estimate of drug-likeness (QED) is 0.463. The first kappa shape index (κ1) is 19.6. The fraction of sp³-hybridized carbons (Fsp3) is 0.333. The number of aliphatic hydroxyl groups is 1. The molecular formula is C24H23NO6. The summed E-state index contributed by atoms with van der Waals surface area (Å²) >= 11 is 0. The van der Waals surface area contributed by atoms with Gasteiger partial charge in [0.25, 0.3) is 11.7 Å². The highest BCUT2D eigenvalue weighted by molar-refractivity contribution is 6.46. The van der Waals surface area contributed by atoms with E-state index in [2.05, 4.69) is 0 Å². The molecule has 3 heterocycles. The van der Waals surface area contributed by atoms with Gasteiger partial charge in [0.15, 0.2) is 11.5 Å². The second-order valence-electron chi connectivity index (χ2n) is 8.07. The van der Waals surface area contributed by atoms with Gasteiger partial charge in [0.05, 0.1) is 17.7 Å². The summed E-state index contributed by atoms with van der Waals surface area (Å²) in [5.74, 6) is -0.352. The molecule has 1 N–H and O–H groups in total. The molecule has 2 atom stereocenters. The fourth-order valence-corrected chi connectivity index (χ4v) is 4.37. The van der Waals surface area contributed by atoms with E-state index in [4.69, 9.17) is 14.2 Å². The number of carbonyl (C=O) groups is 2. The third-order valence-corrected chi connectivity index (χ3v) is 6.00. The Kier molecular flexibility index (Phi) is 4.90. The van der Waals surface area contributed by atoms with Crippen LogP contribution in [0.4, 0.5) is 0 Å². The molecule has 1 amide bonds. The first-order chi connectivity index (χ1) is 15.0. The Balaban J connectivity index is 1.62. The van der Waals surface area contributed by atoms with Gasteiger partial charge in [0.1, 0.15) is 5.76 Å². The van der Waals surface area contributed by atoms with Gasteiger partial charge in [0.2, 0.25) is 6.79 Å². The average molecular weight is 421 g/mol. The number of ketones is 1. The minimum absolute atomic E-state index is 0.0747. The van der Waals surface area contributed by atoms with Crippen LogP contribution < -0.4 is 9.47 Å². The summed E-state index contributed by atoms with van der Waals surface area (Å²) in [6.45, 7) is 3.00. The number of aliphatic hydroxyl groups excluding tert-OH is 1. The molecule has 3 aliphatic heterocycles. The van der Waals surface area contributed by atoms with Crippen molar-refractivity contribution in [2.75, 3.05) is 19.9 Å². The highest BCUT2D eigenvalue weighted by atomic mass is 16.7. The van der Waals surface area contributed by atoms with Crippen LogP contribution in [-0.2, 0) is 14.3 Å². The van der Waals surface area contributed by atoms with Crippen LogP contribution >= 0.6 is 0 Å². The molecule has 0 bridgehead atoms. The van der Waals surface area contributed by atoms with Gasteiger partial charge in [-0.05, 0) is 37.5 Å². The van der Waals surface area contributed by atoms with Crippen molar-refractivity contribution < 1.29 is 28.9 Å². The topological polar surface area (TPSA) is 85.3 Å². The van der Waals surface area contributed by atoms with Crippen molar-refractivity contribution >= 4 is 17.4 Å². The third kappa shape index (κ3) is 3.45. The molecule has 7 heteroatoms. The Hall–Kier alpha value is -3.32. The van der Waals surface area contributed by atoms with Gasteiger partial charge in [-0.3, -0.25) is 9.59 Å². The summed E-state index contributed by atoms with van der Waals surface area (Å²) in [6.07, 6.45) is 1.62. The molecule has 0 aromatic heterocycles. The molecule has 5 rings (SSSR count). The molecule has 0 radical (unpaired) electrons. The highest BCUT2D eigenvalue weighted by Gasteiger charge is 2.47. The molecule has 31 heavy (non-hydrogen) atoms. The van der Waals surface area contributed by atoms with Crippen molar-refractivity contribution in [3.63, 3.8) is 0 Å². The number of aryl methyl sites for hydroxylation is 1. The van der Waals surface area contributed by atoms with Gasteiger partial charge in [-0.2, -0.15) is 0 Å².